The number of hydrogen-bond donors (Lipinski definition) is 1. The molecular weight excluding hydrogens is 236 g/mol. The Labute approximate surface area is 114 Å². The van der Waals surface area contributed by atoms with Crippen LogP contribution in [0.5, 0.6) is 0 Å². The van der Waals surface area contributed by atoms with Gasteiger partial charge in [-0.05, 0) is 42.8 Å². The third-order valence-corrected chi connectivity index (χ3v) is 3.91. The van der Waals surface area contributed by atoms with Gasteiger partial charge in [0.2, 0.25) is 0 Å². The number of ether oxygens (including phenoxy) is 1. The van der Waals surface area contributed by atoms with Crippen molar-refractivity contribution in [1.82, 2.24) is 9.88 Å². The third-order valence-electron chi connectivity index (χ3n) is 3.91. The predicted molar refractivity (Wildman–Crippen MR) is 78.5 cm³/mol. The number of aromatic nitrogens is 1. The SMILES string of the molecule is Cc1ccc2c(ccn2CCNCC2CCOC2)c1. The van der Waals surface area contributed by atoms with Crippen LogP contribution in [0.4, 0.5) is 0 Å². The fraction of sp³-hybridized carbons (Fsp3) is 0.500. The van der Waals surface area contributed by atoms with Crippen molar-refractivity contribution in [2.45, 2.75) is 19.9 Å². The molecule has 1 N–H and O–H groups in total. The third kappa shape index (κ3) is 2.99. The standard InChI is InChI=1S/C16H22N2O/c1-13-2-3-16-15(10-13)4-7-18(16)8-6-17-11-14-5-9-19-12-14/h2-4,7,10,14,17H,5-6,8-9,11-12H2,1H3. The quantitative estimate of drug-likeness (QED) is 0.834. The van der Waals surface area contributed by atoms with Crippen molar-refractivity contribution in [1.29, 1.82) is 0 Å². The first-order valence-electron chi connectivity index (χ1n) is 7.17. The number of nitrogens with one attached hydrogen (secondary N) is 1. The maximum atomic E-state index is 5.38. The van der Waals surface area contributed by atoms with Crippen molar-refractivity contribution in [3.8, 4) is 0 Å². The summed E-state index contributed by atoms with van der Waals surface area (Å²) in [5, 5.41) is 4.88. The Morgan fingerprint density at radius 1 is 1.37 bits per heavy atom. The van der Waals surface area contributed by atoms with E-state index in [1.54, 1.807) is 0 Å². The summed E-state index contributed by atoms with van der Waals surface area (Å²) in [7, 11) is 0. The highest BCUT2D eigenvalue weighted by Crippen LogP contribution is 2.17. The van der Waals surface area contributed by atoms with E-state index in [0.717, 1.165) is 32.8 Å². The van der Waals surface area contributed by atoms with E-state index in [1.807, 2.05) is 0 Å². The highest BCUT2D eigenvalue weighted by Gasteiger charge is 2.14. The molecular formula is C16H22N2O. The first kappa shape index (κ1) is 12.7. The molecule has 0 aliphatic carbocycles. The Kier molecular flexibility index (Phi) is 3.85. The summed E-state index contributed by atoms with van der Waals surface area (Å²) in [5.74, 6) is 0.712. The highest BCUT2D eigenvalue weighted by molar-refractivity contribution is 5.80. The summed E-state index contributed by atoms with van der Waals surface area (Å²) < 4.78 is 7.71. The molecule has 3 rings (SSSR count). The monoisotopic (exact) mass is 258 g/mol. The minimum atomic E-state index is 0.712. The molecule has 1 aliphatic heterocycles. The Balaban J connectivity index is 1.53. The molecule has 0 amide bonds. The Bertz CT molecular complexity index is 541. The number of fused-ring (bicyclic) bond motifs is 1. The zero-order valence-electron chi connectivity index (χ0n) is 11.6. The van der Waals surface area contributed by atoms with Gasteiger partial charge in [0.25, 0.3) is 0 Å². The largest absolute Gasteiger partial charge is 0.381 e. The topological polar surface area (TPSA) is 26.2 Å². The van der Waals surface area contributed by atoms with E-state index in [-0.39, 0.29) is 0 Å². The summed E-state index contributed by atoms with van der Waals surface area (Å²) >= 11 is 0. The fourth-order valence-corrected chi connectivity index (χ4v) is 2.76. The van der Waals surface area contributed by atoms with Crippen LogP contribution in [-0.4, -0.2) is 30.9 Å². The zero-order valence-corrected chi connectivity index (χ0v) is 11.6. The molecule has 1 unspecified atom stereocenters. The van der Waals surface area contributed by atoms with E-state index in [1.165, 1.54) is 22.9 Å². The second kappa shape index (κ2) is 5.76. The van der Waals surface area contributed by atoms with Crippen LogP contribution >= 0.6 is 0 Å². The van der Waals surface area contributed by atoms with E-state index < -0.39 is 0 Å². The van der Waals surface area contributed by atoms with Gasteiger partial charge >= 0.3 is 0 Å². The second-order valence-electron chi connectivity index (χ2n) is 5.51. The molecule has 0 radical (unpaired) electrons. The van der Waals surface area contributed by atoms with Crippen molar-refractivity contribution >= 4 is 10.9 Å². The van der Waals surface area contributed by atoms with Crippen LogP contribution in [0.3, 0.4) is 0 Å². The molecule has 3 nitrogen and oxygen atoms in total. The van der Waals surface area contributed by atoms with E-state index in [9.17, 15) is 0 Å². The normalized spacial score (nSPS) is 19.3. The van der Waals surface area contributed by atoms with Gasteiger partial charge in [-0.2, -0.15) is 0 Å². The maximum Gasteiger partial charge on any atom is 0.0507 e. The van der Waals surface area contributed by atoms with Crippen molar-refractivity contribution in [3.05, 3.63) is 36.0 Å². The van der Waals surface area contributed by atoms with Crippen LogP contribution in [0.15, 0.2) is 30.5 Å². The number of nitrogens with zero attached hydrogens (tertiary/aromatic N) is 1. The molecule has 0 saturated carbocycles. The van der Waals surface area contributed by atoms with Gasteiger partial charge in [0, 0.05) is 38.0 Å². The predicted octanol–water partition coefficient (Wildman–Crippen LogP) is 2.58. The second-order valence-corrected chi connectivity index (χ2v) is 5.51. The molecule has 1 aliphatic rings. The van der Waals surface area contributed by atoms with Gasteiger partial charge in [-0.25, -0.2) is 0 Å². The van der Waals surface area contributed by atoms with E-state index in [0.29, 0.717) is 5.92 Å². The molecule has 1 atom stereocenters. The number of hydrogen-bond acceptors (Lipinski definition) is 2. The fourth-order valence-electron chi connectivity index (χ4n) is 2.76. The summed E-state index contributed by atoms with van der Waals surface area (Å²) in [5.41, 5.74) is 2.65. The van der Waals surface area contributed by atoms with Gasteiger partial charge in [-0.3, -0.25) is 0 Å². The average molecular weight is 258 g/mol. The number of rotatable bonds is 5. The summed E-state index contributed by atoms with van der Waals surface area (Å²) in [6.07, 6.45) is 3.39. The molecule has 2 heterocycles. The van der Waals surface area contributed by atoms with Crippen molar-refractivity contribution < 1.29 is 4.74 Å². The smallest absolute Gasteiger partial charge is 0.0507 e. The van der Waals surface area contributed by atoms with Crippen molar-refractivity contribution in [3.63, 3.8) is 0 Å². The lowest BCUT2D eigenvalue weighted by Gasteiger charge is -2.10. The summed E-state index contributed by atoms with van der Waals surface area (Å²) in [4.78, 5) is 0. The first-order valence-corrected chi connectivity index (χ1v) is 7.17. The lowest BCUT2D eigenvalue weighted by molar-refractivity contribution is 0.185. The maximum absolute atomic E-state index is 5.38. The van der Waals surface area contributed by atoms with Crippen molar-refractivity contribution in [2.75, 3.05) is 26.3 Å². The van der Waals surface area contributed by atoms with E-state index >= 15 is 0 Å². The Morgan fingerprint density at radius 2 is 2.32 bits per heavy atom. The molecule has 1 fully saturated rings. The molecule has 3 heteroatoms. The molecule has 0 bridgehead atoms. The minimum absolute atomic E-state index is 0.712. The van der Waals surface area contributed by atoms with Crippen LogP contribution in [0, 0.1) is 12.8 Å². The number of benzene rings is 1. The molecule has 2 aromatic rings. The van der Waals surface area contributed by atoms with Gasteiger partial charge < -0.3 is 14.6 Å². The summed E-state index contributed by atoms with van der Waals surface area (Å²) in [6.45, 7) is 7.14. The van der Waals surface area contributed by atoms with Crippen LogP contribution in [-0.2, 0) is 11.3 Å². The Morgan fingerprint density at radius 3 is 3.16 bits per heavy atom. The van der Waals surface area contributed by atoms with E-state index in [2.05, 4.69) is 47.3 Å². The van der Waals surface area contributed by atoms with E-state index in [4.69, 9.17) is 4.74 Å². The molecule has 1 saturated heterocycles. The molecule has 102 valence electrons. The van der Waals surface area contributed by atoms with Gasteiger partial charge in [-0.1, -0.05) is 11.6 Å². The van der Waals surface area contributed by atoms with Crippen molar-refractivity contribution in [2.24, 2.45) is 5.92 Å². The molecule has 19 heavy (non-hydrogen) atoms. The van der Waals surface area contributed by atoms with Gasteiger partial charge in [0.1, 0.15) is 0 Å². The van der Waals surface area contributed by atoms with Crippen LogP contribution < -0.4 is 5.32 Å². The molecule has 1 aromatic heterocycles. The lowest BCUT2D eigenvalue weighted by atomic mass is 10.1. The lowest BCUT2D eigenvalue weighted by Crippen LogP contribution is -2.26. The minimum Gasteiger partial charge on any atom is -0.381 e. The Hall–Kier alpha value is -1.32. The van der Waals surface area contributed by atoms with Crippen LogP contribution in [0.25, 0.3) is 10.9 Å². The molecule has 1 aromatic carbocycles. The zero-order chi connectivity index (χ0) is 13.1. The molecule has 0 spiro atoms. The summed E-state index contributed by atoms with van der Waals surface area (Å²) in [6, 6.07) is 8.85. The van der Waals surface area contributed by atoms with Gasteiger partial charge in [0.15, 0.2) is 0 Å². The highest BCUT2D eigenvalue weighted by atomic mass is 16.5. The van der Waals surface area contributed by atoms with Gasteiger partial charge in [-0.15, -0.1) is 0 Å². The number of aryl methyl sites for hydroxylation is 1. The first-order chi connectivity index (χ1) is 9.33. The van der Waals surface area contributed by atoms with Crippen LogP contribution in [0.1, 0.15) is 12.0 Å². The average Bonchev–Trinajstić information content (AvgIpc) is 3.03. The van der Waals surface area contributed by atoms with Crippen LogP contribution in [0.2, 0.25) is 0 Å². The van der Waals surface area contributed by atoms with Gasteiger partial charge in [0.05, 0.1) is 6.61 Å².